The molecule has 0 fully saturated rings. The van der Waals surface area contributed by atoms with E-state index in [9.17, 15) is 4.79 Å². The van der Waals surface area contributed by atoms with Crippen LogP contribution in [0.15, 0.2) is 30.5 Å². The second-order valence-electron chi connectivity index (χ2n) is 6.31. The molecule has 0 saturated carbocycles. The fraction of sp³-hybridized carbons (Fsp3) is 0.368. The molecule has 2 N–H and O–H groups in total. The van der Waals surface area contributed by atoms with Crippen LogP contribution in [0.3, 0.4) is 0 Å². The van der Waals surface area contributed by atoms with Crippen LogP contribution in [0.5, 0.6) is 0 Å². The molecule has 148 valence electrons. The molecule has 0 aliphatic rings. The van der Waals surface area contributed by atoms with Gasteiger partial charge in [-0.2, -0.15) is 0 Å². The second-order valence-corrected chi connectivity index (χ2v) is 7.75. The summed E-state index contributed by atoms with van der Waals surface area (Å²) in [5.74, 6) is 0.180. The van der Waals surface area contributed by atoms with E-state index in [1.54, 1.807) is 11.3 Å². The van der Waals surface area contributed by atoms with E-state index in [2.05, 4.69) is 32.5 Å². The van der Waals surface area contributed by atoms with Gasteiger partial charge in [0.1, 0.15) is 0 Å². The van der Waals surface area contributed by atoms with Crippen LogP contribution in [-0.2, 0) is 0 Å². The number of halogens is 1. The molecular weight excluding hydrogens is 396 g/mol. The van der Waals surface area contributed by atoms with Gasteiger partial charge < -0.3 is 15.5 Å². The summed E-state index contributed by atoms with van der Waals surface area (Å²) in [5, 5.41) is 7.13. The lowest BCUT2D eigenvalue weighted by atomic mass is 10.3. The second kappa shape index (κ2) is 9.66. The number of para-hydroxylation sites is 1. The van der Waals surface area contributed by atoms with Crippen molar-refractivity contribution in [2.45, 2.75) is 19.8 Å². The Morgan fingerprint density at radius 3 is 2.86 bits per heavy atom. The van der Waals surface area contributed by atoms with Crippen molar-refractivity contribution in [2.24, 2.45) is 0 Å². The first-order chi connectivity index (χ1) is 13.6. The standard InChI is InChI=1S/C19H23ClN6OS/c1-3-4-11-26(2)18-23-12-13(20)16(25-18)17(27)21-9-10-22-19-24-14-7-5-6-8-15(14)28-19/h5-8,12H,3-4,9-11H2,1-2H3,(H,21,27)(H,22,24). The SMILES string of the molecule is CCCCN(C)c1ncc(Cl)c(C(=O)NCCNc2nc3ccccc3s2)n1. The number of benzene rings is 1. The Hall–Kier alpha value is -2.45. The number of unbranched alkanes of at least 4 members (excludes halogenated alkanes) is 1. The number of nitrogens with one attached hydrogen (secondary N) is 2. The first-order valence-corrected chi connectivity index (χ1v) is 10.4. The number of aromatic nitrogens is 3. The Morgan fingerprint density at radius 2 is 2.07 bits per heavy atom. The Balaban J connectivity index is 1.54. The molecule has 0 atom stereocenters. The van der Waals surface area contributed by atoms with Crippen molar-refractivity contribution in [3.63, 3.8) is 0 Å². The lowest BCUT2D eigenvalue weighted by Crippen LogP contribution is -2.30. The van der Waals surface area contributed by atoms with E-state index >= 15 is 0 Å². The van der Waals surface area contributed by atoms with Crippen molar-refractivity contribution in [1.29, 1.82) is 0 Å². The summed E-state index contributed by atoms with van der Waals surface area (Å²) in [6.07, 6.45) is 3.58. The summed E-state index contributed by atoms with van der Waals surface area (Å²) < 4.78 is 1.13. The smallest absolute Gasteiger partial charge is 0.271 e. The summed E-state index contributed by atoms with van der Waals surface area (Å²) in [4.78, 5) is 27.4. The third-order valence-corrected chi connectivity index (χ3v) is 5.39. The van der Waals surface area contributed by atoms with Crippen LogP contribution in [0.25, 0.3) is 10.2 Å². The molecular formula is C19H23ClN6OS. The maximum absolute atomic E-state index is 12.5. The fourth-order valence-electron chi connectivity index (χ4n) is 2.57. The largest absolute Gasteiger partial charge is 0.360 e. The van der Waals surface area contributed by atoms with Gasteiger partial charge in [-0.3, -0.25) is 4.79 Å². The van der Waals surface area contributed by atoms with Gasteiger partial charge in [0.05, 0.1) is 21.4 Å². The van der Waals surface area contributed by atoms with E-state index in [1.807, 2.05) is 36.2 Å². The first kappa shape index (κ1) is 20.3. The van der Waals surface area contributed by atoms with Gasteiger partial charge in [0.25, 0.3) is 5.91 Å². The minimum absolute atomic E-state index is 0.190. The van der Waals surface area contributed by atoms with Crippen LogP contribution >= 0.6 is 22.9 Å². The molecule has 0 aliphatic carbocycles. The number of carbonyl (C=O) groups excluding carboxylic acids is 1. The molecule has 7 nitrogen and oxygen atoms in total. The normalized spacial score (nSPS) is 10.8. The zero-order valence-electron chi connectivity index (χ0n) is 15.9. The van der Waals surface area contributed by atoms with Crippen molar-refractivity contribution < 1.29 is 4.79 Å². The summed E-state index contributed by atoms with van der Waals surface area (Å²) in [7, 11) is 1.91. The predicted octanol–water partition coefficient (Wildman–Crippen LogP) is 3.82. The van der Waals surface area contributed by atoms with E-state index in [0.717, 1.165) is 34.7 Å². The summed E-state index contributed by atoms with van der Waals surface area (Å²) in [5.41, 5.74) is 1.15. The van der Waals surface area contributed by atoms with E-state index in [4.69, 9.17) is 11.6 Å². The monoisotopic (exact) mass is 418 g/mol. The Labute approximate surface area is 173 Å². The van der Waals surface area contributed by atoms with Gasteiger partial charge in [-0.15, -0.1) is 0 Å². The average Bonchev–Trinajstić information content (AvgIpc) is 3.12. The maximum Gasteiger partial charge on any atom is 0.271 e. The molecule has 0 bridgehead atoms. The number of hydrogen-bond acceptors (Lipinski definition) is 7. The van der Waals surface area contributed by atoms with Crippen molar-refractivity contribution in [3.8, 4) is 0 Å². The predicted molar refractivity (Wildman–Crippen MR) is 116 cm³/mol. The summed E-state index contributed by atoms with van der Waals surface area (Å²) >= 11 is 7.71. The first-order valence-electron chi connectivity index (χ1n) is 9.19. The van der Waals surface area contributed by atoms with E-state index in [0.29, 0.717) is 19.0 Å². The van der Waals surface area contributed by atoms with Gasteiger partial charge >= 0.3 is 0 Å². The molecule has 3 aromatic rings. The molecule has 0 saturated heterocycles. The van der Waals surface area contributed by atoms with Crippen LogP contribution < -0.4 is 15.5 Å². The molecule has 2 aromatic heterocycles. The fourth-order valence-corrected chi connectivity index (χ4v) is 3.64. The summed E-state index contributed by atoms with van der Waals surface area (Å²) in [6, 6.07) is 7.96. The highest BCUT2D eigenvalue weighted by Gasteiger charge is 2.15. The number of rotatable bonds is 9. The van der Waals surface area contributed by atoms with E-state index < -0.39 is 0 Å². The van der Waals surface area contributed by atoms with Crippen molar-refractivity contribution >= 4 is 50.1 Å². The number of hydrogen-bond donors (Lipinski definition) is 2. The van der Waals surface area contributed by atoms with Gasteiger partial charge in [0.2, 0.25) is 5.95 Å². The van der Waals surface area contributed by atoms with E-state index in [1.165, 1.54) is 6.20 Å². The van der Waals surface area contributed by atoms with E-state index in [-0.39, 0.29) is 16.6 Å². The number of carbonyl (C=O) groups is 1. The third kappa shape index (κ3) is 5.08. The van der Waals surface area contributed by atoms with Crippen LogP contribution in [0, 0.1) is 0 Å². The molecule has 9 heteroatoms. The molecule has 0 unspecified atom stereocenters. The van der Waals surface area contributed by atoms with Crippen LogP contribution in [0.2, 0.25) is 5.02 Å². The maximum atomic E-state index is 12.5. The van der Waals surface area contributed by atoms with Crippen molar-refractivity contribution in [2.75, 3.05) is 36.9 Å². The molecule has 28 heavy (non-hydrogen) atoms. The number of anilines is 2. The molecule has 1 amide bonds. The minimum atomic E-state index is -0.316. The Bertz CT molecular complexity index is 914. The molecule has 0 spiro atoms. The zero-order chi connectivity index (χ0) is 19.9. The lowest BCUT2D eigenvalue weighted by molar-refractivity contribution is 0.0950. The highest BCUT2D eigenvalue weighted by Crippen LogP contribution is 2.25. The third-order valence-electron chi connectivity index (χ3n) is 4.12. The van der Waals surface area contributed by atoms with Crippen molar-refractivity contribution in [1.82, 2.24) is 20.3 Å². The Morgan fingerprint density at radius 1 is 1.25 bits per heavy atom. The number of thiazole rings is 1. The highest BCUT2D eigenvalue weighted by molar-refractivity contribution is 7.22. The molecule has 2 heterocycles. The minimum Gasteiger partial charge on any atom is -0.360 e. The van der Waals surface area contributed by atoms with Gasteiger partial charge in [-0.05, 0) is 18.6 Å². The van der Waals surface area contributed by atoms with Gasteiger partial charge in [0, 0.05) is 26.7 Å². The van der Waals surface area contributed by atoms with Crippen LogP contribution in [0.4, 0.5) is 11.1 Å². The average molecular weight is 419 g/mol. The quantitative estimate of drug-likeness (QED) is 0.514. The van der Waals surface area contributed by atoms with Gasteiger partial charge in [-0.1, -0.05) is 48.4 Å². The zero-order valence-corrected chi connectivity index (χ0v) is 17.5. The molecule has 1 aromatic carbocycles. The van der Waals surface area contributed by atoms with Crippen LogP contribution in [0.1, 0.15) is 30.3 Å². The Kier molecular flexibility index (Phi) is 7.00. The van der Waals surface area contributed by atoms with Crippen molar-refractivity contribution in [3.05, 3.63) is 41.2 Å². The topological polar surface area (TPSA) is 83.0 Å². The van der Waals surface area contributed by atoms with Crippen LogP contribution in [-0.4, -0.2) is 47.5 Å². The van der Waals surface area contributed by atoms with Gasteiger partial charge in [0.15, 0.2) is 10.8 Å². The van der Waals surface area contributed by atoms with Gasteiger partial charge in [-0.25, -0.2) is 15.0 Å². The molecule has 0 radical (unpaired) electrons. The number of fused-ring (bicyclic) bond motifs is 1. The molecule has 3 rings (SSSR count). The number of amides is 1. The molecule has 0 aliphatic heterocycles. The summed E-state index contributed by atoms with van der Waals surface area (Å²) in [6.45, 7) is 3.93. The number of nitrogens with zero attached hydrogens (tertiary/aromatic N) is 4. The lowest BCUT2D eigenvalue weighted by Gasteiger charge is -2.17. The highest BCUT2D eigenvalue weighted by atomic mass is 35.5.